The van der Waals surface area contributed by atoms with Crippen LogP contribution in [0.15, 0.2) is 0 Å². The Kier molecular flexibility index (Phi) is 5.75. The van der Waals surface area contributed by atoms with Crippen LogP contribution in [-0.4, -0.2) is 37.9 Å². The van der Waals surface area contributed by atoms with E-state index in [1.807, 2.05) is 6.92 Å². The van der Waals surface area contributed by atoms with Gasteiger partial charge in [0, 0.05) is 18.6 Å². The van der Waals surface area contributed by atoms with Crippen LogP contribution < -0.4 is 5.32 Å². The molecule has 0 aromatic rings. The lowest BCUT2D eigenvalue weighted by Gasteiger charge is -2.39. The Bertz CT molecular complexity index is 367. The van der Waals surface area contributed by atoms with Crippen LogP contribution in [0.5, 0.6) is 0 Å². The number of nitrogens with one attached hydrogen (secondary N) is 1. The molecule has 4 nitrogen and oxygen atoms in total. The summed E-state index contributed by atoms with van der Waals surface area (Å²) in [5.41, 5.74) is 0. The first-order chi connectivity index (χ1) is 10.7. The van der Waals surface area contributed by atoms with Crippen molar-refractivity contribution < 1.29 is 14.3 Å². The Morgan fingerprint density at radius 3 is 2.77 bits per heavy atom. The summed E-state index contributed by atoms with van der Waals surface area (Å²) in [6.45, 7) is 4.14. The van der Waals surface area contributed by atoms with E-state index in [9.17, 15) is 4.79 Å². The summed E-state index contributed by atoms with van der Waals surface area (Å²) in [5, 5.41) is 3.16. The molecule has 0 aromatic heterocycles. The smallest absolute Gasteiger partial charge is 0.223 e. The van der Waals surface area contributed by atoms with E-state index in [2.05, 4.69) is 5.32 Å². The molecule has 0 unspecified atom stereocenters. The summed E-state index contributed by atoms with van der Waals surface area (Å²) >= 11 is 0. The van der Waals surface area contributed by atoms with Crippen molar-refractivity contribution in [3.8, 4) is 0 Å². The second kappa shape index (κ2) is 7.78. The number of ether oxygens (including phenoxy) is 2. The number of rotatable bonds is 5. The van der Waals surface area contributed by atoms with Crippen molar-refractivity contribution in [2.24, 2.45) is 17.8 Å². The third-order valence-electron chi connectivity index (χ3n) is 5.77. The van der Waals surface area contributed by atoms with E-state index in [1.54, 1.807) is 0 Å². The third-order valence-corrected chi connectivity index (χ3v) is 5.77. The summed E-state index contributed by atoms with van der Waals surface area (Å²) in [6, 6.07) is 0.0946. The molecule has 3 fully saturated rings. The average molecular weight is 309 g/mol. The lowest BCUT2D eigenvalue weighted by atomic mass is 9.67. The number of carbonyl (C=O) groups excluding carboxylic acids is 1. The lowest BCUT2D eigenvalue weighted by molar-refractivity contribution is -0.128. The molecule has 22 heavy (non-hydrogen) atoms. The van der Waals surface area contributed by atoms with Crippen LogP contribution in [0.1, 0.15) is 58.3 Å². The number of amides is 1. The zero-order chi connectivity index (χ0) is 15.4. The topological polar surface area (TPSA) is 47.6 Å². The molecule has 1 heterocycles. The number of hydrogen-bond acceptors (Lipinski definition) is 3. The molecule has 1 N–H and O–H groups in total. The highest BCUT2D eigenvalue weighted by atomic mass is 16.5. The van der Waals surface area contributed by atoms with Crippen molar-refractivity contribution in [2.75, 3.05) is 19.8 Å². The average Bonchev–Trinajstić information content (AvgIpc) is 3.06. The number of fused-ring (bicyclic) bond motifs is 1. The first-order valence-electron chi connectivity index (χ1n) is 9.22. The van der Waals surface area contributed by atoms with Gasteiger partial charge in [-0.25, -0.2) is 0 Å². The van der Waals surface area contributed by atoms with Gasteiger partial charge in [-0.2, -0.15) is 0 Å². The van der Waals surface area contributed by atoms with Gasteiger partial charge in [0.05, 0.1) is 19.3 Å². The maximum atomic E-state index is 12.5. The van der Waals surface area contributed by atoms with Crippen molar-refractivity contribution >= 4 is 5.91 Å². The summed E-state index contributed by atoms with van der Waals surface area (Å²) in [7, 11) is 0. The molecule has 2 aliphatic carbocycles. The fourth-order valence-electron chi connectivity index (χ4n) is 4.44. The lowest BCUT2D eigenvalue weighted by Crippen LogP contribution is -2.43. The molecule has 2 saturated carbocycles. The van der Waals surface area contributed by atoms with Crippen LogP contribution in [0.3, 0.4) is 0 Å². The monoisotopic (exact) mass is 309 g/mol. The Balaban J connectivity index is 1.39. The molecule has 1 aliphatic heterocycles. The molecule has 0 spiro atoms. The van der Waals surface area contributed by atoms with Crippen LogP contribution in [0.2, 0.25) is 0 Å². The predicted molar refractivity (Wildman–Crippen MR) is 85.6 cm³/mol. The van der Waals surface area contributed by atoms with Crippen molar-refractivity contribution in [1.29, 1.82) is 0 Å². The first kappa shape index (κ1) is 16.3. The van der Waals surface area contributed by atoms with E-state index in [4.69, 9.17) is 9.47 Å². The normalized spacial score (nSPS) is 36.6. The zero-order valence-corrected chi connectivity index (χ0v) is 13.9. The molecular weight excluding hydrogens is 278 g/mol. The van der Waals surface area contributed by atoms with Gasteiger partial charge in [0.1, 0.15) is 0 Å². The van der Waals surface area contributed by atoms with E-state index in [0.717, 1.165) is 37.7 Å². The van der Waals surface area contributed by atoms with E-state index in [1.165, 1.54) is 32.1 Å². The Morgan fingerprint density at radius 1 is 1.18 bits per heavy atom. The van der Waals surface area contributed by atoms with E-state index in [-0.39, 0.29) is 24.0 Å². The molecule has 0 aromatic carbocycles. The molecule has 0 radical (unpaired) electrons. The maximum absolute atomic E-state index is 12.5. The fraction of sp³-hybridized carbons (Fsp3) is 0.944. The molecule has 5 atom stereocenters. The Hall–Kier alpha value is -0.610. The largest absolute Gasteiger partial charge is 0.379 e. The molecule has 4 heteroatoms. The Morgan fingerprint density at radius 2 is 2.00 bits per heavy atom. The van der Waals surface area contributed by atoms with Crippen LogP contribution >= 0.6 is 0 Å². The van der Waals surface area contributed by atoms with Crippen molar-refractivity contribution in [2.45, 2.75) is 70.4 Å². The molecule has 1 saturated heterocycles. The van der Waals surface area contributed by atoms with Gasteiger partial charge in [-0.05, 0) is 44.4 Å². The van der Waals surface area contributed by atoms with Gasteiger partial charge < -0.3 is 14.8 Å². The molecule has 3 aliphatic rings. The fourth-order valence-corrected chi connectivity index (χ4v) is 4.44. The molecule has 0 bridgehead atoms. The van der Waals surface area contributed by atoms with Gasteiger partial charge in [-0.1, -0.05) is 25.7 Å². The highest BCUT2D eigenvalue weighted by Gasteiger charge is 2.35. The minimum absolute atomic E-state index is 0.0946. The summed E-state index contributed by atoms with van der Waals surface area (Å²) in [5.74, 6) is 2.20. The van der Waals surface area contributed by atoms with Gasteiger partial charge in [0.25, 0.3) is 0 Å². The highest BCUT2D eigenvalue weighted by Crippen LogP contribution is 2.42. The van der Waals surface area contributed by atoms with E-state index >= 15 is 0 Å². The van der Waals surface area contributed by atoms with Crippen LogP contribution in [0.25, 0.3) is 0 Å². The van der Waals surface area contributed by atoms with Gasteiger partial charge in [0.15, 0.2) is 0 Å². The standard InChI is InChI=1S/C18H31NO3/c1-13(11-22-17-8-9-21-12-17)19-18(20)16-7-6-14-4-2-3-5-15(14)10-16/h13-17H,2-12H2,1H3,(H,19,20)/t13-,14+,15-,16-,17-/m1/s1. The minimum atomic E-state index is 0.0946. The summed E-state index contributed by atoms with van der Waals surface area (Å²) in [6.07, 6.45) is 10.1. The van der Waals surface area contributed by atoms with Crippen molar-refractivity contribution in [3.05, 3.63) is 0 Å². The molecule has 3 rings (SSSR count). The second-order valence-electron chi connectivity index (χ2n) is 7.54. The van der Waals surface area contributed by atoms with Gasteiger partial charge in [0.2, 0.25) is 5.91 Å². The second-order valence-corrected chi connectivity index (χ2v) is 7.54. The minimum Gasteiger partial charge on any atom is -0.379 e. The third kappa shape index (κ3) is 4.23. The predicted octanol–water partition coefficient (Wildman–Crippen LogP) is 2.90. The summed E-state index contributed by atoms with van der Waals surface area (Å²) in [4.78, 5) is 12.5. The molecular formula is C18H31NO3. The van der Waals surface area contributed by atoms with Crippen molar-refractivity contribution in [1.82, 2.24) is 5.32 Å². The SMILES string of the molecule is C[C@H](CO[C@@H]1CCOC1)NC(=O)[C@@H]1CC[C@@H]2CCCC[C@@H]2C1. The van der Waals surface area contributed by atoms with Crippen LogP contribution in [-0.2, 0) is 14.3 Å². The maximum Gasteiger partial charge on any atom is 0.223 e. The number of hydrogen-bond donors (Lipinski definition) is 1. The summed E-state index contributed by atoms with van der Waals surface area (Å²) < 4.78 is 11.1. The first-order valence-corrected chi connectivity index (χ1v) is 9.22. The Labute approximate surface area is 134 Å². The van der Waals surface area contributed by atoms with Crippen LogP contribution in [0, 0.1) is 17.8 Å². The molecule has 1 amide bonds. The van der Waals surface area contributed by atoms with E-state index in [0.29, 0.717) is 13.2 Å². The number of carbonyl (C=O) groups is 1. The van der Waals surface area contributed by atoms with Gasteiger partial charge >= 0.3 is 0 Å². The zero-order valence-electron chi connectivity index (χ0n) is 13.9. The van der Waals surface area contributed by atoms with Gasteiger partial charge in [-0.3, -0.25) is 4.79 Å². The van der Waals surface area contributed by atoms with Gasteiger partial charge in [-0.15, -0.1) is 0 Å². The quantitative estimate of drug-likeness (QED) is 0.849. The van der Waals surface area contributed by atoms with E-state index < -0.39 is 0 Å². The van der Waals surface area contributed by atoms with Crippen molar-refractivity contribution in [3.63, 3.8) is 0 Å². The highest BCUT2D eigenvalue weighted by molar-refractivity contribution is 5.79. The molecule has 126 valence electrons. The van der Waals surface area contributed by atoms with Crippen LogP contribution in [0.4, 0.5) is 0 Å².